The summed E-state index contributed by atoms with van der Waals surface area (Å²) in [5, 5.41) is 18.9. The van der Waals surface area contributed by atoms with Crippen LogP contribution in [0.25, 0.3) is 0 Å². The molecular formula is C16H24O4. The summed E-state index contributed by atoms with van der Waals surface area (Å²) in [5.41, 5.74) is 0. The van der Waals surface area contributed by atoms with Gasteiger partial charge in [0.2, 0.25) is 0 Å². The lowest BCUT2D eigenvalue weighted by atomic mass is 9.71. The molecule has 0 saturated heterocycles. The van der Waals surface area contributed by atoms with Gasteiger partial charge in [0.1, 0.15) is 0 Å². The van der Waals surface area contributed by atoms with Crippen LogP contribution in [0.3, 0.4) is 0 Å². The molecule has 0 radical (unpaired) electrons. The first kappa shape index (κ1) is 15.1. The van der Waals surface area contributed by atoms with Gasteiger partial charge in [0.05, 0.1) is 11.8 Å². The number of carbonyl (C=O) groups is 2. The molecule has 0 aliphatic heterocycles. The molecule has 1 fully saturated rings. The fourth-order valence-corrected chi connectivity index (χ4v) is 3.92. The summed E-state index contributed by atoms with van der Waals surface area (Å²) >= 11 is 0. The molecule has 2 aliphatic carbocycles. The van der Waals surface area contributed by atoms with Gasteiger partial charge in [-0.1, -0.05) is 50.7 Å². The van der Waals surface area contributed by atoms with Gasteiger partial charge >= 0.3 is 11.9 Å². The summed E-state index contributed by atoms with van der Waals surface area (Å²) in [5.74, 6) is -3.09. The summed E-state index contributed by atoms with van der Waals surface area (Å²) in [6.45, 7) is 0. The molecule has 0 amide bonds. The fourth-order valence-electron chi connectivity index (χ4n) is 3.92. The molecule has 0 aromatic carbocycles. The second kappa shape index (κ2) is 6.91. The van der Waals surface area contributed by atoms with E-state index in [1.54, 1.807) is 0 Å². The largest absolute Gasteiger partial charge is 0.481 e. The standard InChI is InChI=1S/C16H24O4/c17-15(18)13-10-6-5-9-12(14(13)16(19)20)11-7-3-1-2-4-8-11/h5-6,11-14H,1-4,7-10H2,(H,17,18)(H,19,20). The first-order chi connectivity index (χ1) is 9.61. The maximum Gasteiger partial charge on any atom is 0.307 e. The Hall–Kier alpha value is -1.32. The quantitative estimate of drug-likeness (QED) is 0.614. The third kappa shape index (κ3) is 3.41. The van der Waals surface area contributed by atoms with Gasteiger partial charge in [-0.15, -0.1) is 0 Å². The SMILES string of the molecule is O=C(O)C1CC=CCC(C2CCCCCC2)C1C(=O)O. The van der Waals surface area contributed by atoms with E-state index in [2.05, 4.69) is 0 Å². The number of allylic oxidation sites excluding steroid dienone is 2. The number of hydrogen-bond donors (Lipinski definition) is 2. The molecule has 2 rings (SSSR count). The molecule has 3 unspecified atom stereocenters. The number of hydrogen-bond acceptors (Lipinski definition) is 2. The highest BCUT2D eigenvalue weighted by Gasteiger charge is 2.42. The first-order valence-electron chi connectivity index (χ1n) is 7.72. The van der Waals surface area contributed by atoms with Crippen molar-refractivity contribution in [3.05, 3.63) is 12.2 Å². The van der Waals surface area contributed by atoms with E-state index in [1.165, 1.54) is 12.8 Å². The molecule has 1 saturated carbocycles. The van der Waals surface area contributed by atoms with Crippen LogP contribution in [-0.2, 0) is 9.59 Å². The van der Waals surface area contributed by atoms with Crippen molar-refractivity contribution in [1.82, 2.24) is 0 Å². The fraction of sp³-hybridized carbons (Fsp3) is 0.750. The second-order valence-corrected chi connectivity index (χ2v) is 6.17. The van der Waals surface area contributed by atoms with E-state index in [0.717, 1.165) is 25.7 Å². The number of carboxylic acids is 2. The van der Waals surface area contributed by atoms with Gasteiger partial charge < -0.3 is 10.2 Å². The van der Waals surface area contributed by atoms with Crippen molar-refractivity contribution in [3.8, 4) is 0 Å². The van der Waals surface area contributed by atoms with Crippen LogP contribution in [0.15, 0.2) is 12.2 Å². The molecular weight excluding hydrogens is 256 g/mol. The van der Waals surface area contributed by atoms with E-state index in [1.807, 2.05) is 12.2 Å². The molecule has 4 heteroatoms. The van der Waals surface area contributed by atoms with Crippen LogP contribution in [0.4, 0.5) is 0 Å². The molecule has 20 heavy (non-hydrogen) atoms. The maximum absolute atomic E-state index is 11.7. The molecule has 112 valence electrons. The predicted octanol–water partition coefficient (Wildman–Crippen LogP) is 3.32. The average molecular weight is 280 g/mol. The van der Waals surface area contributed by atoms with Crippen molar-refractivity contribution in [3.63, 3.8) is 0 Å². The van der Waals surface area contributed by atoms with E-state index in [-0.39, 0.29) is 5.92 Å². The Kier molecular flexibility index (Phi) is 5.21. The van der Waals surface area contributed by atoms with Crippen LogP contribution in [0.5, 0.6) is 0 Å². The zero-order valence-corrected chi connectivity index (χ0v) is 11.8. The Morgan fingerprint density at radius 2 is 1.45 bits per heavy atom. The van der Waals surface area contributed by atoms with Gasteiger partial charge in [-0.3, -0.25) is 9.59 Å². The first-order valence-corrected chi connectivity index (χ1v) is 7.72. The normalized spacial score (nSPS) is 32.3. The minimum atomic E-state index is -0.970. The van der Waals surface area contributed by atoms with Gasteiger partial charge in [-0.25, -0.2) is 0 Å². The third-order valence-electron chi connectivity index (χ3n) is 4.97. The van der Waals surface area contributed by atoms with Gasteiger partial charge in [-0.05, 0) is 24.7 Å². The van der Waals surface area contributed by atoms with E-state index in [0.29, 0.717) is 18.8 Å². The van der Waals surface area contributed by atoms with Crippen LogP contribution >= 0.6 is 0 Å². The third-order valence-corrected chi connectivity index (χ3v) is 4.97. The lowest BCUT2D eigenvalue weighted by Crippen LogP contribution is -2.37. The average Bonchev–Trinajstić information content (AvgIpc) is 2.78. The van der Waals surface area contributed by atoms with Gasteiger partial charge in [-0.2, -0.15) is 0 Å². The molecule has 2 N–H and O–H groups in total. The van der Waals surface area contributed by atoms with Crippen LogP contribution in [0.1, 0.15) is 51.4 Å². The summed E-state index contributed by atoms with van der Waals surface area (Å²) in [4.78, 5) is 23.1. The Balaban J connectivity index is 2.23. The highest BCUT2D eigenvalue weighted by molar-refractivity contribution is 5.80. The minimum absolute atomic E-state index is 0.0227. The van der Waals surface area contributed by atoms with Crippen molar-refractivity contribution < 1.29 is 19.8 Å². The minimum Gasteiger partial charge on any atom is -0.481 e. The van der Waals surface area contributed by atoms with Crippen LogP contribution in [0.2, 0.25) is 0 Å². The van der Waals surface area contributed by atoms with Crippen molar-refractivity contribution in [2.24, 2.45) is 23.7 Å². The van der Waals surface area contributed by atoms with E-state index in [9.17, 15) is 19.8 Å². The summed E-state index contributed by atoms with van der Waals surface area (Å²) in [7, 11) is 0. The molecule has 3 atom stereocenters. The highest BCUT2D eigenvalue weighted by Crippen LogP contribution is 2.41. The summed E-state index contributed by atoms with van der Waals surface area (Å²) in [6, 6.07) is 0. The lowest BCUT2D eigenvalue weighted by Gasteiger charge is -2.32. The molecule has 4 nitrogen and oxygen atoms in total. The van der Waals surface area contributed by atoms with E-state index < -0.39 is 23.8 Å². The maximum atomic E-state index is 11.7. The molecule has 0 heterocycles. The molecule has 0 aromatic heterocycles. The van der Waals surface area contributed by atoms with Crippen molar-refractivity contribution in [1.29, 1.82) is 0 Å². The zero-order valence-electron chi connectivity index (χ0n) is 11.8. The topological polar surface area (TPSA) is 74.6 Å². The van der Waals surface area contributed by atoms with Gasteiger partial charge in [0.15, 0.2) is 0 Å². The molecule has 0 bridgehead atoms. The Morgan fingerprint density at radius 3 is 2.00 bits per heavy atom. The van der Waals surface area contributed by atoms with Crippen molar-refractivity contribution >= 4 is 11.9 Å². The monoisotopic (exact) mass is 280 g/mol. The van der Waals surface area contributed by atoms with Crippen LogP contribution < -0.4 is 0 Å². The molecule has 2 aliphatic rings. The van der Waals surface area contributed by atoms with E-state index in [4.69, 9.17) is 0 Å². The smallest absolute Gasteiger partial charge is 0.307 e. The number of carboxylic acid groups (broad SMARTS) is 2. The van der Waals surface area contributed by atoms with Crippen molar-refractivity contribution in [2.45, 2.75) is 51.4 Å². The summed E-state index contributed by atoms with van der Waals surface area (Å²) < 4.78 is 0. The van der Waals surface area contributed by atoms with Gasteiger partial charge in [0, 0.05) is 0 Å². The highest BCUT2D eigenvalue weighted by atomic mass is 16.4. The number of rotatable bonds is 3. The molecule has 0 aromatic rings. The Morgan fingerprint density at radius 1 is 0.850 bits per heavy atom. The lowest BCUT2D eigenvalue weighted by molar-refractivity contribution is -0.157. The zero-order chi connectivity index (χ0) is 14.5. The van der Waals surface area contributed by atoms with E-state index >= 15 is 0 Å². The molecule has 0 spiro atoms. The summed E-state index contributed by atoms with van der Waals surface area (Å²) in [6.07, 6.45) is 11.7. The van der Waals surface area contributed by atoms with Crippen LogP contribution in [-0.4, -0.2) is 22.2 Å². The predicted molar refractivity (Wildman–Crippen MR) is 75.3 cm³/mol. The number of aliphatic carboxylic acids is 2. The van der Waals surface area contributed by atoms with Crippen molar-refractivity contribution in [2.75, 3.05) is 0 Å². The Bertz CT molecular complexity index is 380. The van der Waals surface area contributed by atoms with Crippen LogP contribution in [0, 0.1) is 23.7 Å². The second-order valence-electron chi connectivity index (χ2n) is 6.17. The van der Waals surface area contributed by atoms with Gasteiger partial charge in [0.25, 0.3) is 0 Å². The Labute approximate surface area is 119 Å².